The summed E-state index contributed by atoms with van der Waals surface area (Å²) in [5.41, 5.74) is 18.2. The predicted molar refractivity (Wildman–Crippen MR) is 568 cm³/mol. The molecule has 2 unspecified atom stereocenters. The molecule has 0 aromatic heterocycles. The summed E-state index contributed by atoms with van der Waals surface area (Å²) in [4.78, 5) is 16.6. The van der Waals surface area contributed by atoms with Gasteiger partial charge in [0, 0.05) is 0 Å². The molecule has 15 atom stereocenters. The van der Waals surface area contributed by atoms with Crippen LogP contribution in [0.3, 0.4) is 0 Å². The zero-order valence-corrected chi connectivity index (χ0v) is 92.8. The van der Waals surface area contributed by atoms with Crippen LogP contribution in [0.4, 0.5) is 0 Å². The van der Waals surface area contributed by atoms with E-state index >= 15 is 4.79 Å². The fourth-order valence-corrected chi connectivity index (χ4v) is 22.6. The Morgan fingerprint density at radius 3 is 0.732 bits per heavy atom. The molecular formula is C116H233Cl2N5O15. The van der Waals surface area contributed by atoms with Crippen LogP contribution in [0.25, 0.3) is 0 Å². The van der Waals surface area contributed by atoms with Gasteiger partial charge >= 0.3 is 11.8 Å². The summed E-state index contributed by atoms with van der Waals surface area (Å²) in [5, 5.41) is 98.5. The summed E-state index contributed by atoms with van der Waals surface area (Å²) in [6.07, 6.45) is 85.2. The van der Waals surface area contributed by atoms with Crippen molar-refractivity contribution < 1.29 is 108 Å². The highest BCUT2D eigenvalue weighted by molar-refractivity contribution is 5.71. The molecule has 0 aromatic carbocycles. The normalized spacial score (nSPS) is 23.1. The standard InChI is InChI=1S/C116H233N5O15.2ClH/c1-7-13-19-25-31-37-43-49-55-61-67-73-79-85-91-120(92-86-80-74-68-62-56-50-44-38-32-26-20-14-8-2,93-87-81-75-69-63-57-51-45-39-33-27-21-15-9-3)97-103(125)135-116(130)111(128)106(119)114(134-110-102(99-123)132-113(105(118)108(110)127)133-109-101(98-122)131-112(129)104(117)107(109)126)136-115(116,100-124)121(94-88-82-76-70-64-58-52-46-40-34-28-22-16-10-4,95-89-83-77-71-65-59-53-47-41-35-29-23-17-11-5)96-90-84-78-72-66-60-54-48-42-36-30-24-18-12-6;;/h101-102,104-114,122-124,126-130H,7-100,117-119H2,1-6H3;2*1H/q+2;;/p-2/t101-,102-,104-,105-,106-,107-,108-,109?,110?,111-,112-,113+,114+,115-,116+;;/m1../s1. The first-order chi connectivity index (χ1) is 66.4. The third-order valence-electron chi connectivity index (χ3n) is 31.8. The number of unbranched alkanes of at least 4 members (excludes halogenated alkanes) is 78. The van der Waals surface area contributed by atoms with E-state index in [-0.39, 0.29) is 35.8 Å². The third kappa shape index (κ3) is 59.1. The number of halogens is 2. The fraction of sp³-hybridized carbons (Fsp3) is 0.991. The van der Waals surface area contributed by atoms with Gasteiger partial charge in [-0.3, -0.25) is 9.22 Å². The number of aliphatic hydroxyl groups excluding tert-OH is 7. The molecule has 3 rings (SSSR count). The van der Waals surface area contributed by atoms with Crippen LogP contribution in [0.5, 0.6) is 0 Å². The average molecular weight is 2010 g/mol. The van der Waals surface area contributed by atoms with E-state index < -0.39 is 117 Å². The second kappa shape index (κ2) is 91.3. The minimum Gasteiger partial charge on any atom is -1.00 e. The van der Waals surface area contributed by atoms with Crippen molar-refractivity contribution in [1.29, 1.82) is 0 Å². The number of carbonyl (C=O) groups excluding carboxylic acids is 1. The van der Waals surface area contributed by atoms with Crippen LogP contribution in [0, 0.1) is 0 Å². The van der Waals surface area contributed by atoms with E-state index in [1.165, 1.54) is 385 Å². The van der Waals surface area contributed by atoms with Crippen molar-refractivity contribution in [2.24, 2.45) is 17.2 Å². The predicted octanol–water partition coefficient (Wildman–Crippen LogP) is 21.1. The summed E-state index contributed by atoms with van der Waals surface area (Å²) in [6.45, 7) is 14.8. The molecule has 0 spiro atoms. The molecule has 3 aliphatic heterocycles. The molecule has 22 heteroatoms. The van der Waals surface area contributed by atoms with E-state index in [1.807, 2.05) is 0 Å². The van der Waals surface area contributed by atoms with Crippen LogP contribution in [0.2, 0.25) is 0 Å². The Kier molecular flexibility index (Phi) is 89.6. The van der Waals surface area contributed by atoms with E-state index in [4.69, 9.17) is 45.6 Å². The van der Waals surface area contributed by atoms with Crippen molar-refractivity contribution in [3.05, 3.63) is 0 Å². The van der Waals surface area contributed by atoms with Gasteiger partial charge in [0.25, 0.3) is 5.72 Å². The summed E-state index contributed by atoms with van der Waals surface area (Å²) in [7, 11) is 0. The number of quaternary nitrogens is 2. The minimum atomic E-state index is -2.98. The van der Waals surface area contributed by atoms with E-state index in [0.29, 0.717) is 43.4 Å². The summed E-state index contributed by atoms with van der Waals surface area (Å²) < 4.78 is 40.3. The zero-order valence-electron chi connectivity index (χ0n) is 91.3. The Hall–Kier alpha value is -0.670. The Labute approximate surface area is 863 Å². The smallest absolute Gasteiger partial charge is 0.364 e. The van der Waals surface area contributed by atoms with Crippen LogP contribution in [-0.2, 0) is 33.2 Å². The Bertz CT molecular complexity index is 2450. The first-order valence-corrected chi connectivity index (χ1v) is 60.2. The van der Waals surface area contributed by atoms with Crippen molar-refractivity contribution >= 4 is 5.97 Å². The number of aliphatic hydroxyl groups is 8. The van der Waals surface area contributed by atoms with Crippen LogP contribution >= 0.6 is 0 Å². The van der Waals surface area contributed by atoms with E-state index in [1.54, 1.807) is 0 Å². The Balaban J connectivity index is 0.0000476. The van der Waals surface area contributed by atoms with Crippen LogP contribution in [-0.4, -0.2) is 213 Å². The second-order valence-electron chi connectivity index (χ2n) is 44.0. The maximum atomic E-state index is 16.6. The summed E-state index contributed by atoms with van der Waals surface area (Å²) >= 11 is 0. The van der Waals surface area contributed by atoms with E-state index in [2.05, 4.69) is 41.5 Å². The topological polar surface area (TPSA) is 312 Å². The third-order valence-corrected chi connectivity index (χ3v) is 31.8. The molecule has 0 aliphatic carbocycles. The Morgan fingerprint density at radius 2 is 0.500 bits per heavy atom. The average Bonchev–Trinajstić information content (AvgIpc) is 0.696. The number of nitrogens with two attached hydrogens (primary N) is 3. The van der Waals surface area contributed by atoms with E-state index in [9.17, 15) is 40.9 Å². The van der Waals surface area contributed by atoms with Crippen molar-refractivity contribution in [2.45, 2.75) is 672 Å². The maximum absolute atomic E-state index is 16.6. The molecule has 138 heavy (non-hydrogen) atoms. The summed E-state index contributed by atoms with van der Waals surface area (Å²) in [5.74, 6) is -3.65. The van der Waals surface area contributed by atoms with E-state index in [0.717, 1.165) is 154 Å². The molecule has 826 valence electrons. The highest BCUT2D eigenvalue weighted by Gasteiger charge is 2.76. The van der Waals surface area contributed by atoms with Crippen LogP contribution in [0.15, 0.2) is 0 Å². The molecule has 3 heterocycles. The van der Waals surface area contributed by atoms with Gasteiger partial charge in [0.15, 0.2) is 25.4 Å². The molecular weight excluding hydrogens is 1770 g/mol. The van der Waals surface area contributed by atoms with Crippen LogP contribution < -0.4 is 42.0 Å². The van der Waals surface area contributed by atoms with Gasteiger partial charge in [-0.2, -0.15) is 0 Å². The van der Waals surface area contributed by atoms with Gasteiger partial charge in [-0.15, -0.1) is 0 Å². The number of esters is 1. The SMILES string of the molecule is CCCCCCCCCCCCCCCC[N+](CCCCCCCCCCCCCCCC)(CCCCCCCCCCCCCCCC)CC(=O)O[C@@]1(O)[C@H](O)[C@@H](N)[C@@H](OC2[C@@H](CO)O[C@@H](OC3[C@@H](CO)O[C@@H](O)[C@H](N)[C@H]3O)[C@H](N)[C@H]2O)O[C@@]1(CO)[N+](CCCCCCCCCCCCCCCC)(CCCCCCCCCCCCCCCC)CCCCCCCCCCCCCCCC.[Cl-].[Cl-]. The minimum absolute atomic E-state index is 0. The second-order valence-corrected chi connectivity index (χ2v) is 44.0. The van der Waals surface area contributed by atoms with Gasteiger partial charge in [-0.1, -0.05) is 504 Å². The van der Waals surface area contributed by atoms with Gasteiger partial charge < -0.3 is 111 Å². The highest BCUT2D eigenvalue weighted by atomic mass is 35.5. The fourth-order valence-electron chi connectivity index (χ4n) is 22.6. The van der Waals surface area contributed by atoms with Gasteiger partial charge in [0.05, 0.1) is 70.6 Å². The lowest BCUT2D eigenvalue weighted by Gasteiger charge is -2.61. The van der Waals surface area contributed by atoms with Crippen molar-refractivity contribution in [3.8, 4) is 0 Å². The Morgan fingerprint density at radius 1 is 0.290 bits per heavy atom. The monoisotopic (exact) mass is 2010 g/mol. The molecule has 0 aromatic rings. The first-order valence-electron chi connectivity index (χ1n) is 60.2. The molecule has 0 amide bonds. The lowest BCUT2D eigenvalue weighted by Crippen LogP contribution is -3.00. The molecule has 0 radical (unpaired) electrons. The molecule has 0 bridgehead atoms. The molecule has 3 fully saturated rings. The number of ether oxygens (including phenoxy) is 6. The van der Waals surface area contributed by atoms with Crippen molar-refractivity contribution in [1.82, 2.24) is 0 Å². The molecule has 0 saturated carbocycles. The first kappa shape index (κ1) is 135. The molecule has 3 aliphatic rings. The number of carbonyl (C=O) groups is 1. The van der Waals surface area contributed by atoms with Gasteiger partial charge in [-0.05, 0) is 77.0 Å². The van der Waals surface area contributed by atoms with Gasteiger partial charge in [0.1, 0.15) is 49.3 Å². The van der Waals surface area contributed by atoms with Gasteiger partial charge in [0.2, 0.25) is 0 Å². The van der Waals surface area contributed by atoms with Crippen molar-refractivity contribution in [3.63, 3.8) is 0 Å². The maximum Gasteiger partial charge on any atom is 0.364 e. The lowest BCUT2D eigenvalue weighted by molar-refractivity contribution is -1.02. The van der Waals surface area contributed by atoms with Crippen LogP contribution in [0.1, 0.15) is 581 Å². The summed E-state index contributed by atoms with van der Waals surface area (Å²) in [6, 6.07) is -4.52. The number of hydrogen-bond acceptors (Lipinski definition) is 18. The molecule has 14 N–H and O–H groups in total. The van der Waals surface area contributed by atoms with Gasteiger partial charge in [-0.25, -0.2) is 4.79 Å². The number of nitrogens with zero attached hydrogens (tertiary/aromatic N) is 2. The van der Waals surface area contributed by atoms with Crippen molar-refractivity contribution in [2.75, 3.05) is 65.6 Å². The number of hydrogen-bond donors (Lipinski definition) is 11. The lowest BCUT2D eigenvalue weighted by atomic mass is 9.83. The largest absolute Gasteiger partial charge is 1.00 e. The number of rotatable bonds is 101. The highest BCUT2D eigenvalue weighted by Crippen LogP contribution is 2.48. The zero-order chi connectivity index (χ0) is 98.8. The molecule has 20 nitrogen and oxygen atoms in total. The molecule has 3 saturated heterocycles. The quantitative estimate of drug-likeness (QED) is 0.0117.